The van der Waals surface area contributed by atoms with E-state index < -0.39 is 0 Å². The van der Waals surface area contributed by atoms with Crippen LogP contribution < -0.4 is 5.46 Å². The van der Waals surface area contributed by atoms with Crippen molar-refractivity contribution in [3.63, 3.8) is 0 Å². The fourth-order valence-electron chi connectivity index (χ4n) is 5.25. The lowest BCUT2D eigenvalue weighted by Crippen LogP contribution is -2.41. The van der Waals surface area contributed by atoms with Gasteiger partial charge in [-0.15, -0.1) is 0 Å². The van der Waals surface area contributed by atoms with Crippen molar-refractivity contribution < 1.29 is 9.31 Å². The highest BCUT2D eigenvalue weighted by molar-refractivity contribution is 6.62. The molecule has 1 fully saturated rings. The Morgan fingerprint density at radius 2 is 1.39 bits per heavy atom. The molecule has 1 aliphatic rings. The molecule has 0 spiro atoms. The molecule has 3 nitrogen and oxygen atoms in total. The Hall–Kier alpha value is -3.73. The number of allylic oxidation sites excluding steroid dienone is 3. The van der Waals surface area contributed by atoms with Crippen LogP contribution in [0.3, 0.4) is 0 Å². The first-order valence-electron chi connectivity index (χ1n) is 13.3. The van der Waals surface area contributed by atoms with Crippen molar-refractivity contribution in [2.75, 3.05) is 0 Å². The first kappa shape index (κ1) is 24.6. The molecule has 5 aromatic rings. The van der Waals surface area contributed by atoms with Crippen molar-refractivity contribution in [3.8, 4) is 11.3 Å². The Labute approximate surface area is 225 Å². The van der Waals surface area contributed by atoms with Crippen LogP contribution in [-0.2, 0) is 9.31 Å². The van der Waals surface area contributed by atoms with Crippen molar-refractivity contribution in [3.05, 3.63) is 103 Å². The summed E-state index contributed by atoms with van der Waals surface area (Å²) < 4.78 is 12.6. The largest absolute Gasteiger partial charge is 0.494 e. The number of fused-ring (bicyclic) bond motifs is 5. The van der Waals surface area contributed by atoms with Gasteiger partial charge in [0, 0.05) is 21.7 Å². The van der Waals surface area contributed by atoms with E-state index in [0.29, 0.717) is 0 Å². The Morgan fingerprint density at radius 3 is 2.11 bits per heavy atom. The Kier molecular flexibility index (Phi) is 5.98. The van der Waals surface area contributed by atoms with E-state index in [2.05, 4.69) is 125 Å². The molecule has 0 amide bonds. The number of benzene rings is 4. The van der Waals surface area contributed by atoms with E-state index in [-0.39, 0.29) is 18.3 Å². The van der Waals surface area contributed by atoms with Gasteiger partial charge in [0.05, 0.1) is 22.4 Å². The molecule has 4 aromatic carbocycles. The summed E-state index contributed by atoms with van der Waals surface area (Å²) in [5.41, 5.74) is 4.49. The second kappa shape index (κ2) is 9.23. The van der Waals surface area contributed by atoms with E-state index in [1.54, 1.807) is 0 Å². The average Bonchev–Trinajstić information content (AvgIpc) is 3.14. The van der Waals surface area contributed by atoms with E-state index >= 15 is 0 Å². The predicted octanol–water partition coefficient (Wildman–Crippen LogP) is 8.10. The van der Waals surface area contributed by atoms with Crippen LogP contribution in [0.4, 0.5) is 0 Å². The number of pyridine rings is 1. The number of aromatic nitrogens is 1. The standard InChI is InChI=1S/C34H32BNO2/c1-6-7-8-14-25-22-24-13-9-10-15-27(24)31-30(25)28-16-11-12-17-29(28)36-32(31)23-18-20-26(21-19-23)35-37-33(2,3)34(4,5)38-35/h6-22H,1-5H3/b7-6-,14-8-. The van der Waals surface area contributed by atoms with Gasteiger partial charge in [0.15, 0.2) is 0 Å². The van der Waals surface area contributed by atoms with Crippen LogP contribution in [0, 0.1) is 0 Å². The van der Waals surface area contributed by atoms with Crippen molar-refractivity contribution in [1.29, 1.82) is 0 Å². The minimum atomic E-state index is -0.389. The molecule has 188 valence electrons. The molecule has 1 aliphatic heterocycles. The summed E-state index contributed by atoms with van der Waals surface area (Å²) >= 11 is 0. The summed E-state index contributed by atoms with van der Waals surface area (Å²) in [5, 5.41) is 5.96. The van der Waals surface area contributed by atoms with Crippen LogP contribution in [0.1, 0.15) is 40.2 Å². The monoisotopic (exact) mass is 497 g/mol. The van der Waals surface area contributed by atoms with Gasteiger partial charge in [-0.1, -0.05) is 91.0 Å². The molecular formula is C34H32BNO2. The summed E-state index contributed by atoms with van der Waals surface area (Å²) in [6.45, 7) is 10.4. The maximum absolute atomic E-state index is 6.29. The predicted molar refractivity (Wildman–Crippen MR) is 162 cm³/mol. The lowest BCUT2D eigenvalue weighted by Gasteiger charge is -2.32. The van der Waals surface area contributed by atoms with Crippen LogP contribution in [0.25, 0.3) is 49.8 Å². The van der Waals surface area contributed by atoms with Gasteiger partial charge >= 0.3 is 7.12 Å². The number of hydrogen-bond acceptors (Lipinski definition) is 3. The van der Waals surface area contributed by atoms with Gasteiger partial charge in [-0.2, -0.15) is 0 Å². The lowest BCUT2D eigenvalue weighted by atomic mass is 9.78. The third kappa shape index (κ3) is 4.05. The number of nitrogens with zero attached hydrogens (tertiary/aromatic N) is 1. The molecule has 2 heterocycles. The van der Waals surface area contributed by atoms with Gasteiger partial charge in [0.1, 0.15) is 0 Å². The third-order valence-corrected chi connectivity index (χ3v) is 8.01. The van der Waals surface area contributed by atoms with Crippen LogP contribution in [0.2, 0.25) is 0 Å². The molecule has 6 rings (SSSR count). The average molecular weight is 497 g/mol. The molecule has 1 aromatic heterocycles. The van der Waals surface area contributed by atoms with Crippen molar-refractivity contribution >= 4 is 51.1 Å². The number of hydrogen-bond donors (Lipinski definition) is 0. The molecule has 0 bridgehead atoms. The first-order chi connectivity index (χ1) is 18.3. The zero-order valence-corrected chi connectivity index (χ0v) is 22.7. The quantitative estimate of drug-likeness (QED) is 0.143. The maximum atomic E-state index is 6.29. The van der Waals surface area contributed by atoms with E-state index in [1.165, 1.54) is 27.1 Å². The zero-order chi connectivity index (χ0) is 26.5. The summed E-state index contributed by atoms with van der Waals surface area (Å²) in [5.74, 6) is 0. The minimum absolute atomic E-state index is 0.373. The molecule has 4 heteroatoms. The Balaban J connectivity index is 1.59. The molecule has 38 heavy (non-hydrogen) atoms. The molecular weight excluding hydrogens is 465 g/mol. The van der Waals surface area contributed by atoms with Crippen LogP contribution in [-0.4, -0.2) is 23.3 Å². The molecule has 0 saturated carbocycles. The highest BCUT2D eigenvalue weighted by Gasteiger charge is 2.51. The molecule has 0 radical (unpaired) electrons. The minimum Gasteiger partial charge on any atom is -0.399 e. The summed E-state index contributed by atoms with van der Waals surface area (Å²) in [4.78, 5) is 5.23. The van der Waals surface area contributed by atoms with Crippen molar-refractivity contribution in [2.24, 2.45) is 0 Å². The van der Waals surface area contributed by atoms with Gasteiger partial charge < -0.3 is 9.31 Å². The highest BCUT2D eigenvalue weighted by Crippen LogP contribution is 2.40. The number of para-hydroxylation sites is 1. The molecule has 0 atom stereocenters. The second-order valence-electron chi connectivity index (χ2n) is 11.0. The van der Waals surface area contributed by atoms with E-state index in [1.807, 2.05) is 13.0 Å². The van der Waals surface area contributed by atoms with Gasteiger partial charge in [-0.05, 0) is 68.6 Å². The van der Waals surface area contributed by atoms with Crippen LogP contribution in [0.15, 0.2) is 97.1 Å². The van der Waals surface area contributed by atoms with E-state index in [0.717, 1.165) is 27.6 Å². The summed E-state index contributed by atoms with van der Waals surface area (Å²) in [6.07, 6.45) is 8.43. The second-order valence-corrected chi connectivity index (χ2v) is 11.0. The van der Waals surface area contributed by atoms with Crippen molar-refractivity contribution in [2.45, 2.75) is 45.8 Å². The normalized spacial score (nSPS) is 17.0. The van der Waals surface area contributed by atoms with Gasteiger partial charge in [-0.25, -0.2) is 4.98 Å². The summed E-state index contributed by atoms with van der Waals surface area (Å²) in [6, 6.07) is 27.8. The van der Waals surface area contributed by atoms with E-state index in [4.69, 9.17) is 14.3 Å². The fraction of sp³-hybridized carbons (Fsp3) is 0.206. The molecule has 0 aliphatic carbocycles. The molecule has 1 saturated heterocycles. The van der Waals surface area contributed by atoms with E-state index in [9.17, 15) is 0 Å². The van der Waals surface area contributed by atoms with Gasteiger partial charge in [0.25, 0.3) is 0 Å². The highest BCUT2D eigenvalue weighted by atomic mass is 16.7. The first-order valence-corrected chi connectivity index (χ1v) is 13.3. The fourth-order valence-corrected chi connectivity index (χ4v) is 5.25. The Morgan fingerprint density at radius 1 is 0.737 bits per heavy atom. The topological polar surface area (TPSA) is 31.4 Å². The molecule has 0 N–H and O–H groups in total. The van der Waals surface area contributed by atoms with Gasteiger partial charge in [-0.3, -0.25) is 0 Å². The summed E-state index contributed by atoms with van der Waals surface area (Å²) in [7, 11) is -0.389. The number of rotatable bonds is 4. The van der Waals surface area contributed by atoms with Crippen LogP contribution in [0.5, 0.6) is 0 Å². The molecule has 0 unspecified atom stereocenters. The Bertz CT molecular complexity index is 1720. The maximum Gasteiger partial charge on any atom is 0.494 e. The SMILES string of the molecule is C/C=C\C=C/c1cc2ccccc2c2c(-c3ccc(B4OC(C)(C)C(C)(C)O4)cc3)nc3ccccc3c12. The smallest absolute Gasteiger partial charge is 0.399 e. The van der Waals surface area contributed by atoms with Crippen LogP contribution >= 0.6 is 0 Å². The lowest BCUT2D eigenvalue weighted by molar-refractivity contribution is 0.00578. The third-order valence-electron chi connectivity index (χ3n) is 8.01. The van der Waals surface area contributed by atoms with Gasteiger partial charge in [0.2, 0.25) is 0 Å². The zero-order valence-electron chi connectivity index (χ0n) is 22.7. The van der Waals surface area contributed by atoms with Crippen molar-refractivity contribution in [1.82, 2.24) is 4.98 Å².